The van der Waals surface area contributed by atoms with Crippen LogP contribution in [0.25, 0.3) is 6.08 Å². The van der Waals surface area contributed by atoms with E-state index in [1.54, 1.807) is 84.9 Å². The number of hydrogen-bond donors (Lipinski definition) is 5. The zero-order valence-electron chi connectivity index (χ0n) is 51.8. The average molecular weight is 1450 g/mol. The fourth-order valence-electron chi connectivity index (χ4n) is 8.12. The molecule has 15 nitrogen and oxygen atoms in total. The summed E-state index contributed by atoms with van der Waals surface area (Å²) in [5, 5.41) is 41.7. The van der Waals surface area contributed by atoms with Crippen LogP contribution in [0.2, 0.25) is 15.1 Å². The average Bonchev–Trinajstić information content (AvgIpc) is 1.69. The zero-order valence-corrected chi connectivity index (χ0v) is 55.6. The maximum Gasteiger partial charge on any atom is 0.328 e. The molecule has 0 aromatic heterocycles. The monoisotopic (exact) mass is 1450 g/mol. The molecule has 10 rings (SSSR count). The number of hydrogen-bond acceptors (Lipinski definition) is 10. The first kappa shape index (κ1) is 84.4. The number of carbonyl (C=O) groups excluding carboxylic acids is 5. The van der Waals surface area contributed by atoms with Crippen molar-refractivity contribution in [3.8, 4) is 0 Å². The first-order valence-electron chi connectivity index (χ1n) is 29.2. The summed E-state index contributed by atoms with van der Waals surface area (Å²) in [6.07, 6.45) is 6.64. The Morgan fingerprint density at radius 2 is 0.704 bits per heavy atom. The fraction of sp³-hybridized carbons (Fsp3) is 0.178. The lowest BCUT2D eigenvalue weighted by Crippen LogP contribution is -2.03. The summed E-state index contributed by atoms with van der Waals surface area (Å²) in [7, 11) is 0. The van der Waals surface area contributed by atoms with E-state index in [1.807, 2.05) is 54.6 Å². The quantitative estimate of drug-likeness (QED) is 0.0186. The standard InChI is InChI=1S/C9H8Cl2O.C9H8ClFO.C9H9ClO2.C9H7ClO.C9H9FO2.C9H7FO2.C9H7FO.C7H5FO.C3H4O4/c10-8-4-2-1-3-7(8)5-6-9(11)12;10-9(12)6-5-7-3-1-2-4-8(7)11;10-8-4-2-1-3-7(8)5-6-9(11)12;10-8-3-1-2-7-6(8)4-5-9(7)11;2*10-8-4-2-1-3-7(8)5-6-9(11)12;10-8-3-1-2-7-6(8)4-5-9(7)11;8-7-4-2-1-3-6(7)5-9;4-2(5)1-3(6)7/h2*1-4H,5-6H2;1-4H,5-6H2,(H,11,12);1-3H,4-5H2;1-4H,5-6H2,(H,11,12);1-6H,(H,11,12);1-3H,4-5H2;1-5H;1H2,(H,4,5)(H,6,7)/b;;;;;6-5+;;;. The number of carboxylic acid groups (broad SMARTS) is 5. The highest BCUT2D eigenvalue weighted by molar-refractivity contribution is 6.63. The van der Waals surface area contributed by atoms with Gasteiger partial charge in [0.05, 0.1) is 5.56 Å². The molecule has 2 aliphatic rings. The first-order chi connectivity index (χ1) is 46.5. The molecule has 25 heteroatoms. The van der Waals surface area contributed by atoms with Crippen LogP contribution >= 0.6 is 58.0 Å². The van der Waals surface area contributed by atoms with Crippen LogP contribution in [0.4, 0.5) is 22.0 Å². The molecule has 2 aliphatic carbocycles. The number of carbonyl (C=O) groups is 10. The molecular formula is C73H64Cl5F5O15. The Bertz CT molecular complexity index is 3700. The molecule has 0 fully saturated rings. The van der Waals surface area contributed by atoms with Gasteiger partial charge in [-0.25, -0.2) is 26.7 Å². The molecule has 0 saturated heterocycles. The van der Waals surface area contributed by atoms with Crippen LogP contribution in [-0.4, -0.2) is 83.7 Å². The van der Waals surface area contributed by atoms with Gasteiger partial charge in [0.15, 0.2) is 17.9 Å². The first-order valence-corrected chi connectivity index (χ1v) is 31.1. The Labute approximate surface area is 585 Å². The van der Waals surface area contributed by atoms with Crippen LogP contribution in [0.1, 0.15) is 115 Å². The van der Waals surface area contributed by atoms with Gasteiger partial charge in [0.2, 0.25) is 10.5 Å². The van der Waals surface area contributed by atoms with E-state index < -0.39 is 53.1 Å². The Balaban J connectivity index is 0.000000376. The normalized spacial score (nSPS) is 10.9. The van der Waals surface area contributed by atoms with Gasteiger partial charge in [-0.3, -0.25) is 43.2 Å². The summed E-state index contributed by atoms with van der Waals surface area (Å²) in [5.41, 5.74) is 6.25. The molecule has 0 spiro atoms. The Kier molecular flexibility index (Phi) is 40.7. The minimum atomic E-state index is -1.31. The predicted octanol–water partition coefficient (Wildman–Crippen LogP) is 17.3. The van der Waals surface area contributed by atoms with E-state index in [0.717, 1.165) is 39.8 Å². The van der Waals surface area contributed by atoms with Crippen molar-refractivity contribution in [3.63, 3.8) is 0 Å². The third kappa shape index (κ3) is 35.3. The molecule has 0 amide bonds. The van der Waals surface area contributed by atoms with Crippen LogP contribution in [0.15, 0.2) is 188 Å². The highest BCUT2D eigenvalue weighted by Crippen LogP contribution is 2.28. The SMILES string of the molecule is O=C(Cl)CCc1ccccc1Cl.O=C(Cl)CCc1ccccc1F.O=C(O)/C=C/c1ccccc1F.O=C(O)CC(=O)O.O=C(O)CCc1ccccc1Cl.O=C(O)CCc1ccccc1F.O=C1CCc2c(Cl)cccc21.O=C1CCc2c(F)cccc21.O=Cc1ccccc1F. The topological polar surface area (TPSA) is 272 Å². The van der Waals surface area contributed by atoms with Gasteiger partial charge >= 0.3 is 29.8 Å². The lowest BCUT2D eigenvalue weighted by atomic mass is 10.1. The summed E-state index contributed by atoms with van der Waals surface area (Å²) in [6.45, 7) is 0. The van der Waals surface area contributed by atoms with Gasteiger partial charge in [-0.15, -0.1) is 0 Å². The smallest absolute Gasteiger partial charge is 0.328 e. The van der Waals surface area contributed by atoms with Crippen LogP contribution in [0, 0.1) is 29.1 Å². The van der Waals surface area contributed by atoms with Crippen LogP contribution in [0.3, 0.4) is 0 Å². The fourth-order valence-corrected chi connectivity index (χ4v) is 9.04. The predicted molar refractivity (Wildman–Crippen MR) is 364 cm³/mol. The van der Waals surface area contributed by atoms with Crippen LogP contribution in [-0.2, 0) is 72.1 Å². The Morgan fingerprint density at radius 1 is 0.367 bits per heavy atom. The van der Waals surface area contributed by atoms with E-state index in [1.165, 1.54) is 48.5 Å². The summed E-state index contributed by atoms with van der Waals surface area (Å²) in [4.78, 5) is 102. The second-order valence-corrected chi connectivity index (χ2v) is 22.1. The molecule has 516 valence electrons. The van der Waals surface area contributed by atoms with Crippen LogP contribution in [0.5, 0.6) is 0 Å². The molecule has 8 aromatic carbocycles. The molecule has 8 aromatic rings. The number of rotatable bonds is 17. The number of carboxylic acids is 5. The number of aryl methyl sites for hydroxylation is 4. The van der Waals surface area contributed by atoms with E-state index in [-0.39, 0.29) is 71.1 Å². The Hall–Kier alpha value is -9.70. The van der Waals surface area contributed by atoms with Crippen molar-refractivity contribution in [1.82, 2.24) is 0 Å². The van der Waals surface area contributed by atoms with Gasteiger partial charge in [-0.2, -0.15) is 0 Å². The maximum atomic E-state index is 12.9. The van der Waals surface area contributed by atoms with Gasteiger partial charge in [-0.1, -0.05) is 162 Å². The number of aldehydes is 1. The summed E-state index contributed by atoms with van der Waals surface area (Å²) < 4.78 is 63.8. The molecule has 0 unspecified atom stereocenters. The van der Waals surface area contributed by atoms with E-state index in [2.05, 4.69) is 0 Å². The summed E-state index contributed by atoms with van der Waals surface area (Å²) in [6, 6.07) is 49.3. The minimum Gasteiger partial charge on any atom is -0.481 e. The minimum absolute atomic E-state index is 0.0269. The second-order valence-electron chi connectivity index (χ2n) is 20.0. The highest BCUT2D eigenvalue weighted by Gasteiger charge is 2.22. The molecule has 98 heavy (non-hydrogen) atoms. The second kappa shape index (κ2) is 47.3. The van der Waals surface area contributed by atoms with E-state index in [4.69, 9.17) is 83.5 Å². The van der Waals surface area contributed by atoms with Crippen molar-refractivity contribution < 1.29 is 95.4 Å². The largest absolute Gasteiger partial charge is 0.481 e. The number of aliphatic carboxylic acids is 5. The van der Waals surface area contributed by atoms with Gasteiger partial charge in [0.25, 0.3) is 0 Å². The summed E-state index contributed by atoms with van der Waals surface area (Å²) >= 11 is 27.9. The van der Waals surface area contributed by atoms with E-state index in [9.17, 15) is 69.9 Å². The lowest BCUT2D eigenvalue weighted by Gasteiger charge is -1.99. The van der Waals surface area contributed by atoms with E-state index in [0.29, 0.717) is 83.5 Å². The molecule has 0 radical (unpaired) electrons. The zero-order chi connectivity index (χ0) is 73.1. The molecule has 0 aliphatic heterocycles. The van der Waals surface area contributed by atoms with Crippen molar-refractivity contribution in [2.75, 3.05) is 0 Å². The number of halogens is 10. The molecule has 5 N–H and O–H groups in total. The van der Waals surface area contributed by atoms with Gasteiger partial charge < -0.3 is 25.5 Å². The van der Waals surface area contributed by atoms with Gasteiger partial charge in [-0.05, 0) is 156 Å². The van der Waals surface area contributed by atoms with Gasteiger partial charge in [0, 0.05) is 76.4 Å². The van der Waals surface area contributed by atoms with Crippen molar-refractivity contribution in [2.45, 2.75) is 83.5 Å². The van der Waals surface area contributed by atoms with Gasteiger partial charge in [0.1, 0.15) is 35.5 Å². The number of Topliss-reactive ketones (excluding diaryl/α,β-unsaturated/α-hetero) is 2. The lowest BCUT2D eigenvalue weighted by molar-refractivity contribution is -0.147. The van der Waals surface area contributed by atoms with Crippen molar-refractivity contribution in [2.24, 2.45) is 0 Å². The molecule has 0 heterocycles. The number of benzene rings is 8. The third-order valence-corrected chi connectivity index (χ3v) is 14.4. The van der Waals surface area contributed by atoms with Crippen LogP contribution < -0.4 is 0 Å². The highest BCUT2D eigenvalue weighted by atomic mass is 35.5. The third-order valence-electron chi connectivity index (χ3n) is 12.9. The Morgan fingerprint density at radius 3 is 1.06 bits per heavy atom. The molecular weight excluding hydrogens is 1390 g/mol. The van der Waals surface area contributed by atoms with E-state index >= 15 is 0 Å². The maximum absolute atomic E-state index is 12.9. The number of fused-ring (bicyclic) bond motifs is 2. The molecule has 0 bridgehead atoms. The van der Waals surface area contributed by atoms with Crippen molar-refractivity contribution in [1.29, 1.82) is 0 Å². The van der Waals surface area contributed by atoms with Crippen molar-refractivity contribution >= 4 is 122 Å². The number of ketones is 2. The molecule has 0 saturated carbocycles. The van der Waals surface area contributed by atoms with Crippen molar-refractivity contribution in [3.05, 3.63) is 288 Å². The summed E-state index contributed by atoms with van der Waals surface area (Å²) in [5.74, 6) is -6.86. The molecule has 0 atom stereocenters.